The maximum atomic E-state index is 0. The summed E-state index contributed by atoms with van der Waals surface area (Å²) in [5, 5.41) is 0. The van der Waals surface area contributed by atoms with E-state index >= 15 is 0 Å². The van der Waals surface area contributed by atoms with Gasteiger partial charge in [-0.15, -0.1) is 0 Å². The van der Waals surface area contributed by atoms with Gasteiger partial charge in [-0.3, -0.25) is 23.5 Å². The van der Waals surface area contributed by atoms with Crippen LogP contribution in [0.3, 0.4) is 0 Å². The Labute approximate surface area is 38.6 Å². The van der Waals surface area contributed by atoms with E-state index in [2.05, 4.69) is 0 Å². The fourth-order valence-electron chi connectivity index (χ4n) is 0. The molecular formula is CH10F6. The Morgan fingerprint density at radius 1 is 0.571 bits per heavy atom. The smallest absolute Gasteiger partial charge is 1.00 e. The first kappa shape index (κ1) is 1160. The van der Waals surface area contributed by atoms with Gasteiger partial charge in [-0.2, -0.15) is 0 Å². The van der Waals surface area contributed by atoms with Gasteiger partial charge in [0.1, 0.15) is 0 Å². The van der Waals surface area contributed by atoms with Crippen LogP contribution in [0.5, 0.6) is 0 Å². The first-order valence-electron chi connectivity index (χ1n) is 0. The first-order valence-corrected chi connectivity index (χ1v) is 0. The molecule has 0 saturated carbocycles. The highest BCUT2D eigenvalue weighted by Gasteiger charge is -0.0775. The van der Waals surface area contributed by atoms with Crippen LogP contribution in [0.4, 0.5) is 23.5 Å². The SMILES string of the molecule is C.F.F.F.F.F.[F-].[H+]. The molecule has 0 amide bonds. The molecule has 0 atom stereocenters. The molecule has 56 valence electrons. The largest absolute Gasteiger partial charge is 1.00 e. The Hall–Kier alpha value is -0.420. The molecule has 7 heavy (non-hydrogen) atoms. The predicted octanol–water partition coefficient (Wildman–Crippen LogP) is -1.48. The van der Waals surface area contributed by atoms with Crippen molar-refractivity contribution in [2.75, 3.05) is 0 Å². The summed E-state index contributed by atoms with van der Waals surface area (Å²) >= 11 is 0. The summed E-state index contributed by atoms with van der Waals surface area (Å²) in [6.45, 7) is 0. The van der Waals surface area contributed by atoms with E-state index < -0.39 is 0 Å². The van der Waals surface area contributed by atoms with Crippen molar-refractivity contribution >= 4 is 0 Å². The fraction of sp³-hybridized carbons (Fsp3) is 1.00. The third-order valence-electron chi connectivity index (χ3n) is 0. The summed E-state index contributed by atoms with van der Waals surface area (Å²) in [4.78, 5) is 0. The van der Waals surface area contributed by atoms with Crippen molar-refractivity contribution in [1.29, 1.82) is 0 Å². The molecule has 0 aliphatic rings. The molecule has 0 spiro atoms. The highest BCUT2D eigenvalue weighted by Crippen LogP contribution is 0.424. The van der Waals surface area contributed by atoms with E-state index in [1.165, 1.54) is 0 Å². The molecule has 0 N–H and O–H groups in total. The van der Waals surface area contributed by atoms with Crippen molar-refractivity contribution in [3.8, 4) is 0 Å². The lowest BCUT2D eigenvalue weighted by molar-refractivity contribution is -0.00000489. The lowest BCUT2D eigenvalue weighted by Crippen LogP contribution is -3.00. The Balaban J connectivity index is 0. The molecule has 6 heteroatoms. The van der Waals surface area contributed by atoms with E-state index in [0.29, 0.717) is 0 Å². The van der Waals surface area contributed by atoms with Crippen LogP contribution >= 0.6 is 0 Å². The lowest BCUT2D eigenvalue weighted by atomic mass is 12.0. The zero-order valence-corrected chi connectivity index (χ0v) is 2.42. The van der Waals surface area contributed by atoms with E-state index in [1.54, 1.807) is 0 Å². The van der Waals surface area contributed by atoms with Crippen molar-refractivity contribution in [3.05, 3.63) is 0 Å². The van der Waals surface area contributed by atoms with Crippen LogP contribution in [0.1, 0.15) is 8.85 Å². The van der Waals surface area contributed by atoms with E-state index in [4.69, 9.17) is 0 Å². The molecule has 0 heterocycles. The summed E-state index contributed by atoms with van der Waals surface area (Å²) in [5.74, 6) is 0. The number of rotatable bonds is 0. The van der Waals surface area contributed by atoms with E-state index in [1.807, 2.05) is 0 Å². The summed E-state index contributed by atoms with van der Waals surface area (Å²) in [6, 6.07) is 0. The quantitative estimate of drug-likeness (QED) is 0.356. The Bertz CT molecular complexity index is 8.49. The molecule has 0 saturated heterocycles. The third-order valence-corrected chi connectivity index (χ3v) is 0. The molecule has 0 fully saturated rings. The molecule has 0 aliphatic heterocycles. The zero-order chi connectivity index (χ0) is 0. The minimum Gasteiger partial charge on any atom is -1.00 e. The molecule has 0 bridgehead atoms. The van der Waals surface area contributed by atoms with Crippen molar-refractivity contribution in [3.63, 3.8) is 0 Å². The molecule has 0 aliphatic carbocycles. The second-order valence-corrected chi connectivity index (χ2v) is 0. The number of hydrogen-bond donors (Lipinski definition) is 0. The maximum absolute atomic E-state index is 0. The van der Waals surface area contributed by atoms with Gasteiger partial charge in [-0.25, -0.2) is 0 Å². The van der Waals surface area contributed by atoms with Crippen molar-refractivity contribution < 1.29 is 29.7 Å². The molecule has 0 radical (unpaired) electrons. The summed E-state index contributed by atoms with van der Waals surface area (Å²) in [7, 11) is 0. The third kappa shape index (κ3) is 405. The van der Waals surface area contributed by atoms with Gasteiger partial charge in [0.05, 0.1) is 0 Å². The highest BCUT2D eigenvalue weighted by molar-refractivity contribution is 2.50. The van der Waals surface area contributed by atoms with E-state index in [9.17, 15) is 0 Å². The lowest BCUT2D eigenvalue weighted by Gasteiger charge is -1.00. The van der Waals surface area contributed by atoms with Crippen molar-refractivity contribution in [2.24, 2.45) is 0 Å². The van der Waals surface area contributed by atoms with Crippen LogP contribution in [0.25, 0.3) is 0 Å². The van der Waals surface area contributed by atoms with Gasteiger partial charge in [-0.05, 0) is 0 Å². The van der Waals surface area contributed by atoms with Gasteiger partial charge in [0.15, 0.2) is 0 Å². The second kappa shape index (κ2) is 664. The first-order chi connectivity index (χ1) is 0. The van der Waals surface area contributed by atoms with Gasteiger partial charge >= 0.3 is 1.43 Å². The van der Waals surface area contributed by atoms with Gasteiger partial charge < -0.3 is 4.70 Å². The van der Waals surface area contributed by atoms with Crippen molar-refractivity contribution in [2.45, 2.75) is 7.43 Å². The standard InChI is InChI=1S/CH4.6FH/h1H4;6*1H. The predicted molar refractivity (Wildman–Crippen MR) is 20.4 cm³/mol. The second-order valence-electron chi connectivity index (χ2n) is 0. The van der Waals surface area contributed by atoms with E-state index in [0.717, 1.165) is 0 Å². The van der Waals surface area contributed by atoms with Gasteiger partial charge in [0, 0.05) is 0 Å². The molecule has 0 aromatic carbocycles. The number of hydrogen-bond acceptors (Lipinski definition) is 0. The van der Waals surface area contributed by atoms with Crippen molar-refractivity contribution in [1.82, 2.24) is 0 Å². The molecular weight excluding hydrogens is 126 g/mol. The molecule has 0 rings (SSSR count). The Morgan fingerprint density at radius 2 is 0.571 bits per heavy atom. The van der Waals surface area contributed by atoms with Crippen LogP contribution in [-0.2, 0) is 0 Å². The molecule has 0 aromatic heterocycles. The minimum absolute atomic E-state index is 0. The summed E-state index contributed by atoms with van der Waals surface area (Å²) in [6.07, 6.45) is 0. The average Bonchev–Trinajstić information content (AvgIpc) is 0. The van der Waals surface area contributed by atoms with Gasteiger partial charge in [0.25, 0.3) is 0 Å². The normalized spacial score (nSPS) is 0. The van der Waals surface area contributed by atoms with Crippen LogP contribution < -0.4 is 4.70 Å². The monoisotopic (exact) mass is 136 g/mol. The van der Waals surface area contributed by atoms with Gasteiger partial charge in [-0.1, -0.05) is 7.43 Å². The van der Waals surface area contributed by atoms with Crippen LogP contribution in [0.2, 0.25) is 0 Å². The fourth-order valence-corrected chi connectivity index (χ4v) is 0. The Kier molecular flexibility index (Phi) is 110000. The number of halogens is 6. The average molecular weight is 136 g/mol. The molecule has 0 nitrogen and oxygen atoms in total. The summed E-state index contributed by atoms with van der Waals surface area (Å²) < 4.78 is 0. The minimum atomic E-state index is 0. The Morgan fingerprint density at radius 3 is 0.571 bits per heavy atom. The topological polar surface area (TPSA) is 0 Å². The highest BCUT2D eigenvalue weighted by atomic mass is 19.0. The van der Waals surface area contributed by atoms with E-state index in [-0.39, 0.29) is 37.1 Å². The molecule has 0 aromatic rings. The maximum Gasteiger partial charge on any atom is 1.00 e. The summed E-state index contributed by atoms with van der Waals surface area (Å²) in [5.41, 5.74) is 0. The van der Waals surface area contributed by atoms with Crippen LogP contribution in [-0.4, -0.2) is 0 Å². The van der Waals surface area contributed by atoms with Crippen LogP contribution in [0.15, 0.2) is 0 Å². The van der Waals surface area contributed by atoms with Crippen LogP contribution in [0, 0.1) is 0 Å². The van der Waals surface area contributed by atoms with Gasteiger partial charge in [0.2, 0.25) is 0 Å². The zero-order valence-electron chi connectivity index (χ0n) is 3.42. The molecule has 0 unspecified atom stereocenters.